The molecule has 2 N–H and O–H groups in total. The average molecular weight is 748 g/mol. The van der Waals surface area contributed by atoms with Crippen molar-refractivity contribution in [1.29, 1.82) is 0 Å². The van der Waals surface area contributed by atoms with Crippen LogP contribution in [0.3, 0.4) is 0 Å². The summed E-state index contributed by atoms with van der Waals surface area (Å²) < 4.78 is 2.48. The second-order valence-corrected chi connectivity index (χ2v) is 12.7. The zero-order valence-corrected chi connectivity index (χ0v) is 29.5. The van der Waals surface area contributed by atoms with E-state index in [2.05, 4.69) is 36.7 Å². The van der Waals surface area contributed by atoms with E-state index in [1.807, 2.05) is 146 Å². The zero-order chi connectivity index (χ0) is 36.0. The van der Waals surface area contributed by atoms with Crippen molar-refractivity contribution in [2.45, 2.75) is 6.92 Å². The van der Waals surface area contributed by atoms with E-state index in [0.29, 0.717) is 33.5 Å². The second-order valence-electron chi connectivity index (χ2n) is 11.8. The smallest absolute Gasteiger partial charge is 0.282 e. The summed E-state index contributed by atoms with van der Waals surface area (Å²) in [6.45, 7) is 1.87. The minimum absolute atomic E-state index is 0.0566. The number of aromatic nitrogens is 2. The van der Waals surface area contributed by atoms with Crippen molar-refractivity contribution in [2.75, 3.05) is 5.43 Å². The van der Waals surface area contributed by atoms with Crippen molar-refractivity contribution in [2.24, 2.45) is 10.2 Å². The number of benzene rings is 6. The Balaban J connectivity index is 0.000000164. The monoisotopic (exact) mass is 746 g/mol. The quantitative estimate of drug-likeness (QED) is 0.0961. The Kier molecular flexibility index (Phi) is 9.81. The molecule has 6 aromatic carbocycles. The lowest BCUT2D eigenvalue weighted by molar-refractivity contribution is 0.0616. The fourth-order valence-corrected chi connectivity index (χ4v) is 6.10. The van der Waals surface area contributed by atoms with Crippen molar-refractivity contribution < 1.29 is 14.7 Å². The standard InChI is InChI=1S/C23H20N4O.C19H11BrN2O2/c1-17-21(23(28)27(26-17)20-15-9-4-10-16-20)22(18-11-5-2-6-12-18)25-24-19-13-7-3-8-14-19;20-14-9-7-12(8-10-14)11-21-22-18(23)15-5-1-3-13-4-2-6-16(17(13)15)19(22)24/h2-16,24,28H,1H3;1-11H. The summed E-state index contributed by atoms with van der Waals surface area (Å²) >= 11 is 3.36. The van der Waals surface area contributed by atoms with Crippen LogP contribution in [0.25, 0.3) is 16.5 Å². The number of aromatic hydroxyl groups is 1. The van der Waals surface area contributed by atoms with Gasteiger partial charge in [0.15, 0.2) is 0 Å². The van der Waals surface area contributed by atoms with Crippen molar-refractivity contribution >= 4 is 56.1 Å². The van der Waals surface area contributed by atoms with Gasteiger partial charge in [-0.2, -0.15) is 20.3 Å². The first-order chi connectivity index (χ1) is 25.4. The SMILES string of the molecule is Cc1nn(-c2ccccc2)c(O)c1C(=NNc1ccccc1)c1ccccc1.O=C1c2cccc3cccc(c23)C(=O)N1N=Cc1ccc(Br)cc1. The molecule has 2 amide bonds. The molecule has 0 unspecified atom stereocenters. The molecule has 0 aliphatic carbocycles. The maximum atomic E-state index is 12.7. The topological polar surface area (TPSA) is 112 Å². The van der Waals surface area contributed by atoms with Crippen LogP contribution in [0.15, 0.2) is 166 Å². The predicted molar refractivity (Wildman–Crippen MR) is 208 cm³/mol. The number of nitrogens with zero attached hydrogens (tertiary/aromatic N) is 5. The molecule has 0 radical (unpaired) electrons. The average Bonchev–Trinajstić information content (AvgIpc) is 3.48. The summed E-state index contributed by atoms with van der Waals surface area (Å²) in [4.78, 5) is 25.3. The van der Waals surface area contributed by atoms with E-state index in [4.69, 9.17) is 0 Å². The lowest BCUT2D eigenvalue weighted by atomic mass is 9.95. The molecule has 0 saturated heterocycles. The maximum Gasteiger partial charge on any atom is 0.282 e. The molecule has 9 nitrogen and oxygen atoms in total. The number of hydrazone groups is 2. The first-order valence-corrected chi connectivity index (χ1v) is 17.2. The molecular formula is C42H31BrN6O3. The number of hydrogen-bond acceptors (Lipinski definition) is 7. The molecule has 0 atom stereocenters. The van der Waals surface area contributed by atoms with Gasteiger partial charge in [-0.05, 0) is 66.4 Å². The number of rotatable bonds is 7. The van der Waals surface area contributed by atoms with Crippen LogP contribution in [0.2, 0.25) is 0 Å². The number of carbonyl (C=O) groups excluding carboxylic acids is 2. The molecule has 7 aromatic rings. The van der Waals surface area contributed by atoms with Gasteiger partial charge in [-0.3, -0.25) is 15.0 Å². The predicted octanol–water partition coefficient (Wildman–Crippen LogP) is 8.98. The Morgan fingerprint density at radius 1 is 0.731 bits per heavy atom. The van der Waals surface area contributed by atoms with E-state index in [-0.39, 0.29) is 5.88 Å². The van der Waals surface area contributed by atoms with Crippen LogP contribution < -0.4 is 5.43 Å². The van der Waals surface area contributed by atoms with Gasteiger partial charge in [-0.15, -0.1) is 0 Å². The third kappa shape index (κ3) is 7.01. The summed E-state index contributed by atoms with van der Waals surface area (Å²) in [6.07, 6.45) is 1.51. The number of aryl methyl sites for hydroxylation is 1. The highest BCUT2D eigenvalue weighted by atomic mass is 79.9. The van der Waals surface area contributed by atoms with Crippen LogP contribution in [0, 0.1) is 6.92 Å². The Morgan fingerprint density at radius 3 is 1.92 bits per heavy atom. The van der Waals surface area contributed by atoms with Crippen molar-refractivity contribution in [3.63, 3.8) is 0 Å². The normalized spacial score (nSPS) is 12.6. The van der Waals surface area contributed by atoms with Gasteiger partial charge in [0.2, 0.25) is 5.88 Å². The van der Waals surface area contributed by atoms with Gasteiger partial charge in [-0.25, -0.2) is 4.68 Å². The molecule has 0 bridgehead atoms. The molecule has 0 saturated carbocycles. The van der Waals surface area contributed by atoms with Gasteiger partial charge in [0.25, 0.3) is 11.8 Å². The Morgan fingerprint density at radius 2 is 1.31 bits per heavy atom. The highest BCUT2D eigenvalue weighted by Gasteiger charge is 2.32. The van der Waals surface area contributed by atoms with E-state index in [0.717, 1.165) is 37.4 Å². The third-order valence-corrected chi connectivity index (χ3v) is 8.86. The van der Waals surface area contributed by atoms with E-state index >= 15 is 0 Å². The van der Waals surface area contributed by atoms with Crippen LogP contribution >= 0.6 is 15.9 Å². The summed E-state index contributed by atoms with van der Waals surface area (Å²) in [5, 5.41) is 26.8. The number of halogens is 1. The molecule has 0 spiro atoms. The van der Waals surface area contributed by atoms with E-state index in [1.54, 1.807) is 12.1 Å². The van der Waals surface area contributed by atoms with E-state index < -0.39 is 11.8 Å². The molecule has 1 aromatic heterocycles. The van der Waals surface area contributed by atoms with Gasteiger partial charge in [0.1, 0.15) is 5.71 Å². The zero-order valence-electron chi connectivity index (χ0n) is 27.9. The van der Waals surface area contributed by atoms with Crippen LogP contribution in [0.4, 0.5) is 5.69 Å². The van der Waals surface area contributed by atoms with Crippen molar-refractivity contribution in [1.82, 2.24) is 14.8 Å². The largest absolute Gasteiger partial charge is 0.493 e. The number of para-hydroxylation sites is 2. The Bertz CT molecular complexity index is 2400. The van der Waals surface area contributed by atoms with Crippen LogP contribution in [0.1, 0.15) is 43.1 Å². The van der Waals surface area contributed by atoms with Crippen LogP contribution in [0.5, 0.6) is 5.88 Å². The van der Waals surface area contributed by atoms with Gasteiger partial charge in [0.05, 0.1) is 40.0 Å². The van der Waals surface area contributed by atoms with Gasteiger partial charge in [0, 0.05) is 15.4 Å². The lowest BCUT2D eigenvalue weighted by Gasteiger charge is -2.22. The van der Waals surface area contributed by atoms with Crippen LogP contribution in [-0.2, 0) is 0 Å². The molecule has 10 heteroatoms. The number of anilines is 1. The van der Waals surface area contributed by atoms with Crippen molar-refractivity contribution in [3.8, 4) is 11.6 Å². The van der Waals surface area contributed by atoms with Gasteiger partial charge < -0.3 is 5.11 Å². The molecule has 254 valence electrons. The molecule has 52 heavy (non-hydrogen) atoms. The minimum atomic E-state index is -0.405. The minimum Gasteiger partial charge on any atom is -0.493 e. The summed E-state index contributed by atoms with van der Waals surface area (Å²) in [7, 11) is 0. The molecule has 0 fully saturated rings. The Labute approximate surface area is 308 Å². The first kappa shape index (κ1) is 33.8. The third-order valence-electron chi connectivity index (χ3n) is 8.33. The van der Waals surface area contributed by atoms with Gasteiger partial charge >= 0.3 is 0 Å². The maximum absolute atomic E-state index is 12.7. The lowest BCUT2D eigenvalue weighted by Crippen LogP contribution is -2.36. The second kappa shape index (κ2) is 15.1. The molecular weight excluding hydrogens is 716 g/mol. The number of amides is 2. The number of nitrogens with one attached hydrogen (secondary N) is 1. The highest BCUT2D eigenvalue weighted by Crippen LogP contribution is 2.30. The molecule has 1 aliphatic heterocycles. The van der Waals surface area contributed by atoms with Crippen molar-refractivity contribution in [3.05, 3.63) is 190 Å². The van der Waals surface area contributed by atoms with E-state index in [1.165, 1.54) is 10.9 Å². The number of hydrogen-bond donors (Lipinski definition) is 2. The molecule has 1 aliphatic rings. The Hall–Kier alpha value is -6.65. The number of carbonyl (C=O) groups is 2. The summed E-state index contributed by atoms with van der Waals surface area (Å²) in [5.41, 5.74) is 9.33. The first-order valence-electron chi connectivity index (χ1n) is 16.4. The fourth-order valence-electron chi connectivity index (χ4n) is 5.83. The molecule has 2 heterocycles. The highest BCUT2D eigenvalue weighted by molar-refractivity contribution is 9.10. The van der Waals surface area contributed by atoms with E-state index in [9.17, 15) is 14.7 Å². The summed E-state index contributed by atoms with van der Waals surface area (Å²) in [5.74, 6) is -0.753. The molecule has 8 rings (SSSR count). The summed E-state index contributed by atoms with van der Waals surface area (Å²) in [6, 6.07) is 47.3. The van der Waals surface area contributed by atoms with Gasteiger partial charge in [-0.1, -0.05) is 119 Å². The van der Waals surface area contributed by atoms with Crippen LogP contribution in [-0.4, -0.2) is 43.6 Å². The fraction of sp³-hybridized carbons (Fsp3) is 0.0238. The number of imide groups is 1.